The van der Waals surface area contributed by atoms with Gasteiger partial charge in [-0.1, -0.05) is 34.6 Å². The second-order valence-corrected chi connectivity index (χ2v) is 7.27. The fraction of sp³-hybridized carbons (Fsp3) is 1.00. The summed E-state index contributed by atoms with van der Waals surface area (Å²) < 4.78 is 0. The Morgan fingerprint density at radius 2 is 1.27 bits per heavy atom. The SMILES string of the molecule is CC(C)(C)C(C)(C)CN1C2CCC1CC2. The molecule has 0 radical (unpaired) electrons. The Morgan fingerprint density at radius 3 is 1.60 bits per heavy atom. The lowest BCUT2D eigenvalue weighted by atomic mass is 9.69. The van der Waals surface area contributed by atoms with E-state index in [-0.39, 0.29) is 0 Å². The van der Waals surface area contributed by atoms with Crippen LogP contribution in [-0.2, 0) is 0 Å². The lowest BCUT2D eigenvalue weighted by molar-refractivity contribution is 0.0623. The Kier molecular flexibility index (Phi) is 2.65. The summed E-state index contributed by atoms with van der Waals surface area (Å²) in [4.78, 5) is 2.81. The minimum absolute atomic E-state index is 0.412. The van der Waals surface area contributed by atoms with Gasteiger partial charge in [-0.05, 0) is 36.5 Å². The van der Waals surface area contributed by atoms with Gasteiger partial charge in [0.1, 0.15) is 0 Å². The molecule has 0 N–H and O–H groups in total. The van der Waals surface area contributed by atoms with E-state index in [9.17, 15) is 0 Å². The van der Waals surface area contributed by atoms with Gasteiger partial charge in [0.25, 0.3) is 0 Å². The first-order valence-corrected chi connectivity index (χ1v) is 6.57. The van der Waals surface area contributed by atoms with E-state index in [4.69, 9.17) is 0 Å². The van der Waals surface area contributed by atoms with Gasteiger partial charge in [-0.15, -0.1) is 0 Å². The van der Waals surface area contributed by atoms with Crippen LogP contribution in [0.15, 0.2) is 0 Å². The van der Waals surface area contributed by atoms with Crippen LogP contribution in [0.4, 0.5) is 0 Å². The van der Waals surface area contributed by atoms with Crippen molar-refractivity contribution in [1.82, 2.24) is 4.90 Å². The summed E-state index contributed by atoms with van der Waals surface area (Å²) in [7, 11) is 0. The molecule has 0 amide bonds. The molecule has 2 aliphatic rings. The number of rotatable bonds is 2. The quantitative estimate of drug-likeness (QED) is 0.670. The molecule has 2 aliphatic heterocycles. The Bertz CT molecular complexity index is 216. The molecule has 0 aromatic carbocycles. The number of nitrogens with zero attached hydrogens (tertiary/aromatic N) is 1. The van der Waals surface area contributed by atoms with Gasteiger partial charge in [0.05, 0.1) is 0 Å². The van der Waals surface area contributed by atoms with Crippen molar-refractivity contribution in [3.8, 4) is 0 Å². The smallest absolute Gasteiger partial charge is 0.00995 e. The molecule has 2 saturated heterocycles. The van der Waals surface area contributed by atoms with Gasteiger partial charge in [0.15, 0.2) is 0 Å². The zero-order chi connectivity index (χ0) is 11.3. The van der Waals surface area contributed by atoms with E-state index in [1.165, 1.54) is 32.2 Å². The third kappa shape index (κ3) is 1.95. The fourth-order valence-corrected chi connectivity index (χ4v) is 2.97. The number of hydrogen-bond acceptors (Lipinski definition) is 1. The molecule has 1 nitrogen and oxygen atoms in total. The highest BCUT2D eigenvalue weighted by Crippen LogP contribution is 2.44. The first-order valence-electron chi connectivity index (χ1n) is 6.57. The standard InChI is InChI=1S/C14H27N/c1-13(2,3)14(4,5)10-15-11-6-7-12(15)9-8-11/h11-12H,6-10H2,1-5H3. The van der Waals surface area contributed by atoms with Crippen LogP contribution in [0.1, 0.15) is 60.3 Å². The van der Waals surface area contributed by atoms with Crippen LogP contribution in [0.3, 0.4) is 0 Å². The average molecular weight is 209 g/mol. The summed E-state index contributed by atoms with van der Waals surface area (Å²) in [5.41, 5.74) is 0.840. The molecule has 0 spiro atoms. The molecule has 0 aromatic rings. The first-order chi connectivity index (χ1) is 6.81. The van der Waals surface area contributed by atoms with Crippen molar-refractivity contribution in [2.24, 2.45) is 10.8 Å². The van der Waals surface area contributed by atoms with Crippen LogP contribution in [-0.4, -0.2) is 23.5 Å². The van der Waals surface area contributed by atoms with Gasteiger partial charge >= 0.3 is 0 Å². The second kappa shape index (κ2) is 3.48. The molecule has 0 unspecified atom stereocenters. The zero-order valence-corrected chi connectivity index (χ0v) is 11.1. The van der Waals surface area contributed by atoms with Crippen LogP contribution >= 0.6 is 0 Å². The van der Waals surface area contributed by atoms with E-state index in [1.54, 1.807) is 0 Å². The Morgan fingerprint density at radius 1 is 0.867 bits per heavy atom. The fourth-order valence-electron chi connectivity index (χ4n) is 2.97. The van der Waals surface area contributed by atoms with Crippen molar-refractivity contribution in [2.75, 3.05) is 6.54 Å². The van der Waals surface area contributed by atoms with E-state index in [1.807, 2.05) is 0 Å². The van der Waals surface area contributed by atoms with Crippen LogP contribution in [0, 0.1) is 10.8 Å². The molecule has 2 fully saturated rings. The molecule has 0 saturated carbocycles. The van der Waals surface area contributed by atoms with Crippen LogP contribution in [0.2, 0.25) is 0 Å². The van der Waals surface area contributed by atoms with E-state index in [0.717, 1.165) is 12.1 Å². The summed E-state index contributed by atoms with van der Waals surface area (Å²) in [6.45, 7) is 13.3. The third-order valence-corrected chi connectivity index (χ3v) is 5.21. The lowest BCUT2D eigenvalue weighted by Crippen LogP contribution is -2.43. The largest absolute Gasteiger partial charge is 0.297 e. The maximum atomic E-state index is 2.81. The molecular formula is C14H27N. The highest BCUT2D eigenvalue weighted by atomic mass is 15.2. The average Bonchev–Trinajstić information content (AvgIpc) is 2.62. The normalized spacial score (nSPS) is 32.6. The summed E-state index contributed by atoms with van der Waals surface area (Å²) in [6.07, 6.45) is 5.85. The van der Waals surface area contributed by atoms with Crippen molar-refractivity contribution >= 4 is 0 Å². The zero-order valence-electron chi connectivity index (χ0n) is 11.1. The molecule has 88 valence electrons. The molecular weight excluding hydrogens is 182 g/mol. The Hall–Kier alpha value is -0.0400. The summed E-state index contributed by atoms with van der Waals surface area (Å²) in [5.74, 6) is 0. The van der Waals surface area contributed by atoms with Crippen molar-refractivity contribution in [3.05, 3.63) is 0 Å². The molecule has 0 aliphatic carbocycles. The maximum absolute atomic E-state index is 2.81. The Balaban J connectivity index is 2.03. The van der Waals surface area contributed by atoms with E-state index >= 15 is 0 Å². The van der Waals surface area contributed by atoms with Crippen LogP contribution in [0.25, 0.3) is 0 Å². The molecule has 2 rings (SSSR count). The highest BCUT2D eigenvalue weighted by Gasteiger charge is 2.44. The summed E-state index contributed by atoms with van der Waals surface area (Å²) >= 11 is 0. The first kappa shape index (κ1) is 11.4. The monoisotopic (exact) mass is 209 g/mol. The second-order valence-electron chi connectivity index (χ2n) is 7.27. The van der Waals surface area contributed by atoms with E-state index < -0.39 is 0 Å². The molecule has 2 heterocycles. The summed E-state index contributed by atoms with van der Waals surface area (Å²) in [5, 5.41) is 0. The molecule has 0 atom stereocenters. The predicted molar refractivity (Wildman–Crippen MR) is 66.0 cm³/mol. The van der Waals surface area contributed by atoms with E-state index in [0.29, 0.717) is 10.8 Å². The van der Waals surface area contributed by atoms with Gasteiger partial charge in [-0.3, -0.25) is 4.90 Å². The van der Waals surface area contributed by atoms with Crippen molar-refractivity contribution < 1.29 is 0 Å². The number of hydrogen-bond donors (Lipinski definition) is 0. The van der Waals surface area contributed by atoms with Crippen molar-refractivity contribution in [1.29, 1.82) is 0 Å². The van der Waals surface area contributed by atoms with Gasteiger partial charge in [0, 0.05) is 18.6 Å². The molecule has 1 heteroatoms. The van der Waals surface area contributed by atoms with Crippen molar-refractivity contribution in [3.63, 3.8) is 0 Å². The lowest BCUT2D eigenvalue weighted by Gasteiger charge is -2.43. The van der Waals surface area contributed by atoms with Gasteiger partial charge in [-0.25, -0.2) is 0 Å². The van der Waals surface area contributed by atoms with Gasteiger partial charge in [0.2, 0.25) is 0 Å². The predicted octanol–water partition coefficient (Wildman–Crippen LogP) is 3.69. The number of fused-ring (bicyclic) bond motifs is 2. The molecule has 2 bridgehead atoms. The topological polar surface area (TPSA) is 3.24 Å². The van der Waals surface area contributed by atoms with E-state index in [2.05, 4.69) is 39.5 Å². The minimum atomic E-state index is 0.412. The van der Waals surface area contributed by atoms with Crippen LogP contribution in [0.5, 0.6) is 0 Å². The molecule has 15 heavy (non-hydrogen) atoms. The van der Waals surface area contributed by atoms with Gasteiger partial charge < -0.3 is 0 Å². The Labute approximate surface area is 95.2 Å². The van der Waals surface area contributed by atoms with Crippen LogP contribution < -0.4 is 0 Å². The maximum Gasteiger partial charge on any atom is 0.00995 e. The van der Waals surface area contributed by atoms with Gasteiger partial charge in [-0.2, -0.15) is 0 Å². The highest BCUT2D eigenvalue weighted by molar-refractivity contribution is 4.98. The third-order valence-electron chi connectivity index (χ3n) is 5.21. The van der Waals surface area contributed by atoms with Crippen molar-refractivity contribution in [2.45, 2.75) is 72.4 Å². The molecule has 0 aromatic heterocycles. The minimum Gasteiger partial charge on any atom is -0.297 e. The summed E-state index contributed by atoms with van der Waals surface area (Å²) in [6, 6.07) is 1.85.